The first-order valence-corrected chi connectivity index (χ1v) is 5.53. The smallest absolute Gasteiger partial charge is 0.314 e. The number of carbonyl (C=O) groups is 1. The normalized spacial score (nSPS) is 12.2. The molecule has 0 fully saturated rings. The molecular formula is C12H16ClNO. The lowest BCUT2D eigenvalue weighted by atomic mass is 9.98. The van der Waals surface area contributed by atoms with Crippen molar-refractivity contribution in [2.75, 3.05) is 0 Å². The Morgan fingerprint density at radius 1 is 1.40 bits per heavy atom. The summed E-state index contributed by atoms with van der Waals surface area (Å²) in [4.78, 5) is 10.5. The van der Waals surface area contributed by atoms with Crippen LogP contribution >= 0.6 is 11.6 Å². The summed E-state index contributed by atoms with van der Waals surface area (Å²) in [7, 11) is 0. The van der Waals surface area contributed by atoms with Crippen molar-refractivity contribution >= 4 is 17.0 Å². The van der Waals surface area contributed by atoms with E-state index in [-0.39, 0.29) is 0 Å². The van der Waals surface area contributed by atoms with Crippen molar-refractivity contribution in [1.82, 2.24) is 5.32 Å². The monoisotopic (exact) mass is 225 g/mol. The van der Waals surface area contributed by atoms with Gasteiger partial charge in [-0.25, -0.2) is 0 Å². The summed E-state index contributed by atoms with van der Waals surface area (Å²) in [5, 5.41) is 2.04. The fourth-order valence-corrected chi connectivity index (χ4v) is 1.44. The largest absolute Gasteiger partial charge is 0.339 e. The molecule has 0 saturated heterocycles. The minimum absolute atomic E-state index is 0.489. The maximum atomic E-state index is 10.5. The van der Waals surface area contributed by atoms with Gasteiger partial charge in [0.05, 0.1) is 0 Å². The quantitative estimate of drug-likeness (QED) is 0.615. The molecule has 1 rings (SSSR count). The Kier molecular flexibility index (Phi) is 4.63. The SMILES string of the molecule is CCC(C)c1ccc(CNC(=O)Cl)cc1. The Bertz CT molecular complexity index is 321. The number of amides is 1. The predicted molar refractivity (Wildman–Crippen MR) is 63.2 cm³/mol. The summed E-state index contributed by atoms with van der Waals surface area (Å²) in [5.41, 5.74) is 2.40. The van der Waals surface area contributed by atoms with Gasteiger partial charge in [-0.05, 0) is 35.1 Å². The number of rotatable bonds is 4. The Morgan fingerprint density at radius 2 is 2.00 bits per heavy atom. The molecule has 3 heteroatoms. The average molecular weight is 226 g/mol. The summed E-state index contributed by atoms with van der Waals surface area (Å²) >= 11 is 5.18. The number of halogens is 1. The topological polar surface area (TPSA) is 29.1 Å². The minimum Gasteiger partial charge on any atom is -0.339 e. The number of hydrogen-bond acceptors (Lipinski definition) is 1. The van der Waals surface area contributed by atoms with Crippen LogP contribution < -0.4 is 5.32 Å². The van der Waals surface area contributed by atoms with E-state index < -0.39 is 5.37 Å². The molecule has 0 aliphatic heterocycles. The molecule has 1 aromatic carbocycles. The van der Waals surface area contributed by atoms with E-state index in [1.54, 1.807) is 0 Å². The first-order chi connectivity index (χ1) is 7.13. The molecule has 0 aliphatic carbocycles. The Morgan fingerprint density at radius 3 is 2.47 bits per heavy atom. The Hall–Kier alpha value is -1.02. The van der Waals surface area contributed by atoms with Crippen LogP contribution in [0.15, 0.2) is 24.3 Å². The van der Waals surface area contributed by atoms with Crippen LogP contribution in [0, 0.1) is 0 Å². The van der Waals surface area contributed by atoms with Crippen LogP contribution in [-0.2, 0) is 6.54 Å². The van der Waals surface area contributed by atoms with E-state index in [1.165, 1.54) is 5.56 Å². The van der Waals surface area contributed by atoms with Gasteiger partial charge in [0.25, 0.3) is 0 Å². The van der Waals surface area contributed by atoms with E-state index in [9.17, 15) is 4.79 Å². The Labute approximate surface area is 95.6 Å². The maximum absolute atomic E-state index is 10.5. The molecule has 0 spiro atoms. The van der Waals surface area contributed by atoms with E-state index >= 15 is 0 Å². The van der Waals surface area contributed by atoms with Gasteiger partial charge in [-0.2, -0.15) is 0 Å². The van der Waals surface area contributed by atoms with Gasteiger partial charge < -0.3 is 5.32 Å². The van der Waals surface area contributed by atoms with Crippen LogP contribution in [0.5, 0.6) is 0 Å². The van der Waals surface area contributed by atoms with Crippen LogP contribution in [0.3, 0.4) is 0 Å². The number of carbonyl (C=O) groups excluding carboxylic acids is 1. The summed E-state index contributed by atoms with van der Waals surface area (Å²) in [6, 6.07) is 8.25. The van der Waals surface area contributed by atoms with Gasteiger partial charge in [-0.1, -0.05) is 38.1 Å². The predicted octanol–water partition coefficient (Wildman–Crippen LogP) is 3.65. The number of hydrogen-bond donors (Lipinski definition) is 1. The molecule has 0 aliphatic rings. The average Bonchev–Trinajstić information content (AvgIpc) is 2.26. The van der Waals surface area contributed by atoms with Gasteiger partial charge in [0.1, 0.15) is 0 Å². The lowest BCUT2D eigenvalue weighted by Gasteiger charge is -2.09. The highest BCUT2D eigenvalue weighted by molar-refractivity contribution is 6.62. The second-order valence-corrected chi connectivity index (χ2v) is 4.02. The zero-order valence-electron chi connectivity index (χ0n) is 9.09. The van der Waals surface area contributed by atoms with Crippen molar-refractivity contribution in [2.45, 2.75) is 32.7 Å². The summed E-state index contributed by atoms with van der Waals surface area (Å²) in [6.45, 7) is 4.87. The van der Waals surface area contributed by atoms with Crippen molar-refractivity contribution in [1.29, 1.82) is 0 Å². The molecule has 15 heavy (non-hydrogen) atoms. The maximum Gasteiger partial charge on any atom is 0.314 e. The molecule has 1 unspecified atom stereocenters. The van der Waals surface area contributed by atoms with Gasteiger partial charge in [0.2, 0.25) is 0 Å². The number of nitrogens with one attached hydrogen (secondary N) is 1. The van der Waals surface area contributed by atoms with Crippen LogP contribution in [0.2, 0.25) is 0 Å². The third kappa shape index (κ3) is 3.92. The molecule has 1 amide bonds. The highest BCUT2D eigenvalue weighted by Gasteiger charge is 2.02. The third-order valence-electron chi connectivity index (χ3n) is 2.59. The zero-order chi connectivity index (χ0) is 11.3. The van der Waals surface area contributed by atoms with Crippen molar-refractivity contribution in [3.05, 3.63) is 35.4 Å². The summed E-state index contributed by atoms with van der Waals surface area (Å²) in [6.07, 6.45) is 1.14. The van der Waals surface area contributed by atoms with E-state index in [0.29, 0.717) is 12.5 Å². The summed E-state index contributed by atoms with van der Waals surface area (Å²) < 4.78 is 0. The summed E-state index contributed by atoms with van der Waals surface area (Å²) in [5.74, 6) is 0.585. The molecular weight excluding hydrogens is 210 g/mol. The van der Waals surface area contributed by atoms with E-state index in [1.807, 2.05) is 12.1 Å². The van der Waals surface area contributed by atoms with Crippen LogP contribution in [0.1, 0.15) is 37.3 Å². The Balaban J connectivity index is 2.60. The van der Waals surface area contributed by atoms with Gasteiger partial charge in [0.15, 0.2) is 0 Å². The standard InChI is InChI=1S/C12H16ClNO/c1-3-9(2)11-6-4-10(5-7-11)8-14-12(13)15/h4-7,9H,3,8H2,1-2H3,(H,14,15). The van der Waals surface area contributed by atoms with Crippen LogP contribution in [-0.4, -0.2) is 5.37 Å². The highest BCUT2D eigenvalue weighted by atomic mass is 35.5. The van der Waals surface area contributed by atoms with Gasteiger partial charge in [-0.15, -0.1) is 0 Å². The lowest BCUT2D eigenvalue weighted by molar-refractivity contribution is 0.259. The number of benzene rings is 1. The first kappa shape index (κ1) is 12.1. The molecule has 0 aromatic heterocycles. The van der Waals surface area contributed by atoms with Crippen LogP contribution in [0.25, 0.3) is 0 Å². The second kappa shape index (κ2) is 5.76. The molecule has 0 heterocycles. The van der Waals surface area contributed by atoms with Crippen LogP contribution in [0.4, 0.5) is 4.79 Å². The molecule has 2 nitrogen and oxygen atoms in total. The first-order valence-electron chi connectivity index (χ1n) is 5.15. The molecule has 0 bridgehead atoms. The van der Waals surface area contributed by atoms with Crippen molar-refractivity contribution in [3.8, 4) is 0 Å². The fraction of sp³-hybridized carbons (Fsp3) is 0.417. The van der Waals surface area contributed by atoms with E-state index in [0.717, 1.165) is 12.0 Å². The van der Waals surface area contributed by atoms with Gasteiger partial charge in [-0.3, -0.25) is 4.79 Å². The van der Waals surface area contributed by atoms with Crippen molar-refractivity contribution in [3.63, 3.8) is 0 Å². The minimum atomic E-state index is -0.513. The van der Waals surface area contributed by atoms with Gasteiger partial charge >= 0.3 is 5.37 Å². The molecule has 1 atom stereocenters. The van der Waals surface area contributed by atoms with Gasteiger partial charge in [0, 0.05) is 6.54 Å². The zero-order valence-corrected chi connectivity index (χ0v) is 9.84. The fourth-order valence-electron chi connectivity index (χ4n) is 1.37. The molecule has 1 aromatic rings. The molecule has 0 saturated carbocycles. The molecule has 82 valence electrons. The van der Waals surface area contributed by atoms with E-state index in [4.69, 9.17) is 11.6 Å². The van der Waals surface area contributed by atoms with E-state index in [2.05, 4.69) is 31.3 Å². The molecule has 1 N–H and O–H groups in total. The van der Waals surface area contributed by atoms with Crippen molar-refractivity contribution < 1.29 is 4.79 Å². The lowest BCUT2D eigenvalue weighted by Crippen LogP contribution is -2.15. The van der Waals surface area contributed by atoms with Crippen molar-refractivity contribution in [2.24, 2.45) is 0 Å². The highest BCUT2D eigenvalue weighted by Crippen LogP contribution is 2.18. The molecule has 0 radical (unpaired) electrons. The third-order valence-corrected chi connectivity index (χ3v) is 2.73. The second-order valence-electron chi connectivity index (χ2n) is 3.68.